The average molecular weight is 357 g/mol. The van der Waals surface area contributed by atoms with Crippen LogP contribution >= 0.6 is 0 Å². The molecule has 3 amide bonds. The van der Waals surface area contributed by atoms with Gasteiger partial charge < -0.3 is 19.4 Å². The quantitative estimate of drug-likeness (QED) is 0.788. The number of rotatable bonds is 2. The zero-order chi connectivity index (χ0) is 18.3. The van der Waals surface area contributed by atoms with E-state index in [0.29, 0.717) is 31.6 Å². The third-order valence-electron chi connectivity index (χ3n) is 5.56. The largest absolute Gasteiger partial charge is 0.361 e. The number of amides is 3. The third-order valence-corrected chi connectivity index (χ3v) is 5.56. The van der Waals surface area contributed by atoms with Crippen LogP contribution in [0, 0.1) is 0 Å². The van der Waals surface area contributed by atoms with Crippen LogP contribution in [0.4, 0.5) is 5.69 Å². The fourth-order valence-corrected chi connectivity index (χ4v) is 4.04. The number of ether oxygens (including phenoxy) is 1. The number of hydrogen-bond donors (Lipinski definition) is 0. The summed E-state index contributed by atoms with van der Waals surface area (Å²) < 4.78 is 5.79. The fraction of sp³-hybridized carbons (Fsp3) is 0.526. The summed E-state index contributed by atoms with van der Waals surface area (Å²) in [7, 11) is 1.77. The Hall–Kier alpha value is -2.41. The molecular formula is C19H23N3O4. The Labute approximate surface area is 152 Å². The molecule has 1 spiro atoms. The van der Waals surface area contributed by atoms with E-state index in [9.17, 15) is 14.4 Å². The van der Waals surface area contributed by atoms with Crippen LogP contribution < -0.4 is 4.90 Å². The molecule has 1 aromatic carbocycles. The van der Waals surface area contributed by atoms with Crippen LogP contribution in [0.25, 0.3) is 0 Å². The summed E-state index contributed by atoms with van der Waals surface area (Å²) in [5, 5.41) is 0. The summed E-state index contributed by atoms with van der Waals surface area (Å²) in [6.45, 7) is 2.45. The number of likely N-dealkylation sites (tertiary alicyclic amines) is 1. The number of morpholine rings is 1. The van der Waals surface area contributed by atoms with Crippen molar-refractivity contribution in [3.63, 3.8) is 0 Å². The molecule has 3 fully saturated rings. The normalized spacial score (nSPS) is 26.3. The van der Waals surface area contributed by atoms with Crippen molar-refractivity contribution in [1.29, 1.82) is 0 Å². The average Bonchev–Trinajstić information content (AvgIpc) is 3.25. The number of anilines is 1. The van der Waals surface area contributed by atoms with Gasteiger partial charge in [0.1, 0.15) is 12.2 Å². The van der Waals surface area contributed by atoms with Crippen LogP contribution in [0.15, 0.2) is 24.3 Å². The van der Waals surface area contributed by atoms with Gasteiger partial charge in [-0.25, -0.2) is 0 Å². The van der Waals surface area contributed by atoms with E-state index in [2.05, 4.69) is 0 Å². The van der Waals surface area contributed by atoms with E-state index < -0.39 is 5.60 Å². The number of carbonyl (C=O) groups is 3. The van der Waals surface area contributed by atoms with E-state index in [1.165, 1.54) is 0 Å². The molecule has 0 bridgehead atoms. The third kappa shape index (κ3) is 2.96. The molecule has 0 radical (unpaired) electrons. The molecule has 1 aromatic rings. The van der Waals surface area contributed by atoms with Crippen LogP contribution in [-0.4, -0.2) is 73.0 Å². The molecule has 0 saturated carbocycles. The molecule has 0 N–H and O–H groups in total. The Morgan fingerprint density at radius 2 is 1.85 bits per heavy atom. The number of likely N-dealkylation sites (N-methyl/N-ethyl adjacent to an activating group) is 1. The smallest absolute Gasteiger partial charge is 0.253 e. The van der Waals surface area contributed by atoms with E-state index in [1.54, 1.807) is 33.9 Å². The van der Waals surface area contributed by atoms with Gasteiger partial charge in [-0.15, -0.1) is 0 Å². The van der Waals surface area contributed by atoms with E-state index >= 15 is 0 Å². The predicted octanol–water partition coefficient (Wildman–Crippen LogP) is 0.887. The van der Waals surface area contributed by atoms with E-state index in [1.807, 2.05) is 12.1 Å². The van der Waals surface area contributed by atoms with Gasteiger partial charge in [-0.3, -0.25) is 14.4 Å². The summed E-state index contributed by atoms with van der Waals surface area (Å²) in [4.78, 5) is 41.5. The van der Waals surface area contributed by atoms with Crippen molar-refractivity contribution in [2.45, 2.75) is 24.9 Å². The molecule has 3 aliphatic heterocycles. The van der Waals surface area contributed by atoms with Gasteiger partial charge in [0.25, 0.3) is 5.91 Å². The van der Waals surface area contributed by atoms with Crippen molar-refractivity contribution in [3.05, 3.63) is 29.8 Å². The molecule has 3 aliphatic rings. The molecule has 1 atom stereocenters. The van der Waals surface area contributed by atoms with Crippen molar-refractivity contribution in [2.24, 2.45) is 0 Å². The standard InChI is InChI=1S/C19H23N3O4/c1-20-12-19(26-11-17(20)24)8-10-21(13-19)18(25)14-4-6-15(7-5-14)22-9-2-3-16(22)23/h4-7H,2-3,8-13H2,1H3/t19-/m0/s1. The summed E-state index contributed by atoms with van der Waals surface area (Å²) in [5.74, 6) is 0.0791. The lowest BCUT2D eigenvalue weighted by molar-refractivity contribution is -0.158. The first-order valence-corrected chi connectivity index (χ1v) is 9.05. The minimum absolute atomic E-state index is 0.0209. The van der Waals surface area contributed by atoms with Crippen molar-refractivity contribution in [2.75, 3.05) is 44.7 Å². The summed E-state index contributed by atoms with van der Waals surface area (Å²) in [6, 6.07) is 7.25. The molecule has 0 aliphatic carbocycles. The summed E-state index contributed by atoms with van der Waals surface area (Å²) in [6.07, 6.45) is 2.20. The zero-order valence-electron chi connectivity index (χ0n) is 14.9. The maximum absolute atomic E-state index is 12.8. The molecule has 7 heteroatoms. The number of nitrogens with zero attached hydrogens (tertiary/aromatic N) is 3. The highest BCUT2D eigenvalue weighted by molar-refractivity contribution is 5.97. The van der Waals surface area contributed by atoms with Gasteiger partial charge in [0, 0.05) is 37.8 Å². The Morgan fingerprint density at radius 3 is 2.50 bits per heavy atom. The highest BCUT2D eigenvalue weighted by Crippen LogP contribution is 2.30. The molecular weight excluding hydrogens is 334 g/mol. The first kappa shape index (κ1) is 17.0. The van der Waals surface area contributed by atoms with Crippen LogP contribution in [0.3, 0.4) is 0 Å². The van der Waals surface area contributed by atoms with Crippen LogP contribution in [-0.2, 0) is 14.3 Å². The zero-order valence-corrected chi connectivity index (χ0v) is 14.9. The lowest BCUT2D eigenvalue weighted by atomic mass is 10.0. The minimum Gasteiger partial charge on any atom is -0.361 e. The lowest BCUT2D eigenvalue weighted by Gasteiger charge is -2.38. The second kappa shape index (κ2) is 6.39. The molecule has 7 nitrogen and oxygen atoms in total. The van der Waals surface area contributed by atoms with Crippen molar-refractivity contribution in [3.8, 4) is 0 Å². The van der Waals surface area contributed by atoms with Crippen molar-refractivity contribution >= 4 is 23.4 Å². The highest BCUT2D eigenvalue weighted by Gasteiger charge is 2.45. The summed E-state index contributed by atoms with van der Waals surface area (Å²) in [5.41, 5.74) is 1.01. The number of hydrogen-bond acceptors (Lipinski definition) is 4. The van der Waals surface area contributed by atoms with Gasteiger partial charge in [-0.05, 0) is 37.1 Å². The van der Waals surface area contributed by atoms with Gasteiger partial charge in [-0.2, -0.15) is 0 Å². The van der Waals surface area contributed by atoms with E-state index in [4.69, 9.17) is 4.74 Å². The lowest BCUT2D eigenvalue weighted by Crippen LogP contribution is -2.54. The second-order valence-electron chi connectivity index (χ2n) is 7.39. The number of benzene rings is 1. The maximum atomic E-state index is 12.8. The van der Waals surface area contributed by atoms with Gasteiger partial charge >= 0.3 is 0 Å². The van der Waals surface area contributed by atoms with Crippen molar-refractivity contribution < 1.29 is 19.1 Å². The molecule has 0 unspecified atom stereocenters. The first-order chi connectivity index (χ1) is 12.5. The molecule has 3 saturated heterocycles. The van der Waals surface area contributed by atoms with Crippen molar-refractivity contribution in [1.82, 2.24) is 9.80 Å². The minimum atomic E-state index is -0.444. The monoisotopic (exact) mass is 357 g/mol. The maximum Gasteiger partial charge on any atom is 0.253 e. The van der Waals surface area contributed by atoms with Crippen LogP contribution in [0.5, 0.6) is 0 Å². The Kier molecular flexibility index (Phi) is 4.19. The molecule has 26 heavy (non-hydrogen) atoms. The van der Waals surface area contributed by atoms with Gasteiger partial charge in [0.15, 0.2) is 0 Å². The van der Waals surface area contributed by atoms with Gasteiger partial charge in [0.2, 0.25) is 11.8 Å². The fourth-order valence-electron chi connectivity index (χ4n) is 4.04. The molecule has 138 valence electrons. The second-order valence-corrected chi connectivity index (χ2v) is 7.39. The number of carbonyl (C=O) groups excluding carboxylic acids is 3. The van der Waals surface area contributed by atoms with E-state index in [0.717, 1.165) is 25.1 Å². The Balaban J connectivity index is 1.43. The SMILES string of the molecule is CN1C[C@]2(CCN(C(=O)c3ccc(N4CCCC4=O)cc3)C2)OCC1=O. The molecule has 3 heterocycles. The van der Waals surface area contributed by atoms with E-state index in [-0.39, 0.29) is 24.3 Å². The van der Waals surface area contributed by atoms with Gasteiger partial charge in [-0.1, -0.05) is 0 Å². The molecule has 0 aromatic heterocycles. The Bertz CT molecular complexity index is 748. The predicted molar refractivity (Wildman–Crippen MR) is 94.9 cm³/mol. The first-order valence-electron chi connectivity index (χ1n) is 9.05. The topological polar surface area (TPSA) is 70.2 Å². The highest BCUT2D eigenvalue weighted by atomic mass is 16.5. The Morgan fingerprint density at radius 1 is 1.08 bits per heavy atom. The van der Waals surface area contributed by atoms with Crippen LogP contribution in [0.2, 0.25) is 0 Å². The molecule has 4 rings (SSSR count). The van der Waals surface area contributed by atoms with Gasteiger partial charge in [0.05, 0.1) is 13.1 Å². The summed E-state index contributed by atoms with van der Waals surface area (Å²) >= 11 is 0. The van der Waals surface area contributed by atoms with Crippen LogP contribution in [0.1, 0.15) is 29.6 Å².